The van der Waals surface area contributed by atoms with E-state index in [1.54, 1.807) is 0 Å². The van der Waals surface area contributed by atoms with Crippen molar-refractivity contribution in [3.05, 3.63) is 71.8 Å². The van der Waals surface area contributed by atoms with E-state index in [-0.39, 0.29) is 0 Å². The van der Waals surface area contributed by atoms with Gasteiger partial charge in [-0.25, -0.2) is 0 Å². The van der Waals surface area contributed by atoms with Gasteiger partial charge in [-0.1, -0.05) is 60.1 Å². The van der Waals surface area contributed by atoms with Crippen LogP contribution in [0.5, 0.6) is 0 Å². The monoisotopic (exact) mass is 266 g/mol. The number of rotatable bonds is 2. The Balaban J connectivity index is 2.10. The van der Waals surface area contributed by atoms with Crippen LogP contribution in [0.2, 0.25) is 5.02 Å². The zero-order valence-electron chi connectivity index (χ0n) is 10.1. The molecule has 3 rings (SSSR count). The van der Waals surface area contributed by atoms with Crippen LogP contribution in [0.15, 0.2) is 77.0 Å². The van der Waals surface area contributed by atoms with Crippen molar-refractivity contribution in [2.24, 2.45) is 10.2 Å². The maximum atomic E-state index is 6.22. The van der Waals surface area contributed by atoms with Gasteiger partial charge in [-0.3, -0.25) is 0 Å². The van der Waals surface area contributed by atoms with Crippen LogP contribution in [0.4, 0.5) is 11.4 Å². The third-order valence-corrected chi connectivity index (χ3v) is 3.18. The van der Waals surface area contributed by atoms with Gasteiger partial charge in [0, 0.05) is 5.39 Å². The Morgan fingerprint density at radius 3 is 2.26 bits per heavy atom. The van der Waals surface area contributed by atoms with Crippen molar-refractivity contribution in [2.45, 2.75) is 0 Å². The van der Waals surface area contributed by atoms with Crippen molar-refractivity contribution in [1.29, 1.82) is 0 Å². The molecule has 3 heteroatoms. The Hall–Kier alpha value is -2.19. The molecule has 0 saturated carbocycles. The second kappa shape index (κ2) is 5.21. The Bertz CT molecular complexity index is 736. The second-order valence-electron chi connectivity index (χ2n) is 4.15. The van der Waals surface area contributed by atoms with E-state index in [4.69, 9.17) is 11.6 Å². The zero-order valence-corrected chi connectivity index (χ0v) is 10.9. The lowest BCUT2D eigenvalue weighted by Gasteiger charge is -2.03. The molecule has 0 heterocycles. The summed E-state index contributed by atoms with van der Waals surface area (Å²) in [5.41, 5.74) is 1.52. The van der Waals surface area contributed by atoms with Crippen molar-refractivity contribution >= 4 is 33.7 Å². The molecule has 0 amide bonds. The van der Waals surface area contributed by atoms with E-state index in [2.05, 4.69) is 10.2 Å². The molecule has 0 aromatic heterocycles. The van der Waals surface area contributed by atoms with Crippen LogP contribution >= 0.6 is 11.6 Å². The molecule has 0 aliphatic heterocycles. The number of hydrogen-bond acceptors (Lipinski definition) is 2. The fourth-order valence-electron chi connectivity index (χ4n) is 1.93. The quantitative estimate of drug-likeness (QED) is 0.515. The summed E-state index contributed by atoms with van der Waals surface area (Å²) in [6, 6.07) is 21.5. The van der Waals surface area contributed by atoms with Crippen molar-refractivity contribution < 1.29 is 0 Å². The summed E-state index contributed by atoms with van der Waals surface area (Å²) < 4.78 is 0. The van der Waals surface area contributed by atoms with Crippen molar-refractivity contribution in [1.82, 2.24) is 0 Å². The third kappa shape index (κ3) is 2.49. The van der Waals surface area contributed by atoms with Gasteiger partial charge in [-0.2, -0.15) is 5.11 Å². The highest BCUT2D eigenvalue weighted by molar-refractivity contribution is 6.34. The van der Waals surface area contributed by atoms with E-state index in [0.29, 0.717) is 10.7 Å². The Kier molecular flexibility index (Phi) is 3.25. The molecule has 0 bridgehead atoms. The molecule has 0 atom stereocenters. The largest absolute Gasteiger partial charge is 0.151 e. The third-order valence-electron chi connectivity index (χ3n) is 2.87. The van der Waals surface area contributed by atoms with Gasteiger partial charge in [0.15, 0.2) is 0 Å². The molecule has 3 aromatic rings. The first-order chi connectivity index (χ1) is 9.34. The molecule has 19 heavy (non-hydrogen) atoms. The lowest BCUT2D eigenvalue weighted by atomic mass is 10.1. The van der Waals surface area contributed by atoms with E-state index in [1.165, 1.54) is 0 Å². The number of fused-ring (bicyclic) bond motifs is 1. The van der Waals surface area contributed by atoms with Crippen LogP contribution in [0.3, 0.4) is 0 Å². The molecule has 0 N–H and O–H groups in total. The highest BCUT2D eigenvalue weighted by Gasteiger charge is 2.04. The van der Waals surface area contributed by atoms with Gasteiger partial charge in [0.1, 0.15) is 5.69 Å². The van der Waals surface area contributed by atoms with Gasteiger partial charge in [0.2, 0.25) is 0 Å². The standard InChI is InChI=1S/C16H11ClN2/c17-15-11-10-12-6-4-5-9-14(12)16(15)19-18-13-7-2-1-3-8-13/h1-11H. The molecule has 0 fully saturated rings. The Morgan fingerprint density at radius 1 is 0.684 bits per heavy atom. The first-order valence-corrected chi connectivity index (χ1v) is 6.36. The predicted octanol–water partition coefficient (Wildman–Crippen LogP) is 5.91. The van der Waals surface area contributed by atoms with E-state index in [1.807, 2.05) is 66.7 Å². The maximum absolute atomic E-state index is 6.22. The topological polar surface area (TPSA) is 24.7 Å². The minimum Gasteiger partial charge on any atom is -0.151 e. The van der Waals surface area contributed by atoms with Gasteiger partial charge >= 0.3 is 0 Å². The molecule has 0 unspecified atom stereocenters. The molecule has 3 aromatic carbocycles. The molecule has 0 spiro atoms. The van der Waals surface area contributed by atoms with Crippen LogP contribution in [0.1, 0.15) is 0 Å². The molecule has 0 aliphatic rings. The number of halogens is 1. The average Bonchev–Trinajstić information content (AvgIpc) is 2.47. The van der Waals surface area contributed by atoms with E-state index in [9.17, 15) is 0 Å². The first kappa shape index (κ1) is 11.9. The molecule has 0 aliphatic carbocycles. The van der Waals surface area contributed by atoms with Crippen molar-refractivity contribution in [3.8, 4) is 0 Å². The lowest BCUT2D eigenvalue weighted by Crippen LogP contribution is -1.74. The SMILES string of the molecule is Clc1ccc2ccccc2c1N=Nc1ccccc1. The number of azo groups is 1. The van der Waals surface area contributed by atoms with Gasteiger partial charge in [0.05, 0.1) is 10.7 Å². The van der Waals surface area contributed by atoms with Crippen molar-refractivity contribution in [2.75, 3.05) is 0 Å². The van der Waals surface area contributed by atoms with Gasteiger partial charge in [-0.15, -0.1) is 5.11 Å². The highest BCUT2D eigenvalue weighted by Crippen LogP contribution is 2.34. The van der Waals surface area contributed by atoms with E-state index >= 15 is 0 Å². The van der Waals surface area contributed by atoms with Crippen LogP contribution in [-0.4, -0.2) is 0 Å². The minimum absolute atomic E-state index is 0.610. The summed E-state index contributed by atoms with van der Waals surface area (Å²) >= 11 is 6.22. The molecule has 0 saturated heterocycles. The number of benzene rings is 3. The highest BCUT2D eigenvalue weighted by atomic mass is 35.5. The number of hydrogen-bond donors (Lipinski definition) is 0. The summed E-state index contributed by atoms with van der Waals surface area (Å²) in [6.07, 6.45) is 0. The van der Waals surface area contributed by atoms with Crippen LogP contribution in [-0.2, 0) is 0 Å². The molecule has 92 valence electrons. The number of nitrogens with zero attached hydrogens (tertiary/aromatic N) is 2. The lowest BCUT2D eigenvalue weighted by molar-refractivity contribution is 1.24. The Labute approximate surface area is 116 Å². The smallest absolute Gasteiger partial charge is 0.112 e. The summed E-state index contributed by atoms with van der Waals surface area (Å²) in [5, 5.41) is 11.2. The molecule has 2 nitrogen and oxygen atoms in total. The van der Waals surface area contributed by atoms with E-state index in [0.717, 1.165) is 16.5 Å². The summed E-state index contributed by atoms with van der Waals surface area (Å²) in [4.78, 5) is 0. The van der Waals surface area contributed by atoms with Crippen LogP contribution < -0.4 is 0 Å². The second-order valence-corrected chi connectivity index (χ2v) is 4.56. The fourth-order valence-corrected chi connectivity index (χ4v) is 2.14. The zero-order chi connectivity index (χ0) is 13.1. The van der Waals surface area contributed by atoms with Gasteiger partial charge < -0.3 is 0 Å². The average molecular weight is 267 g/mol. The first-order valence-electron chi connectivity index (χ1n) is 5.98. The molecular formula is C16H11ClN2. The predicted molar refractivity (Wildman–Crippen MR) is 79.6 cm³/mol. The summed E-state index contributed by atoms with van der Waals surface area (Å²) in [5.74, 6) is 0. The maximum Gasteiger partial charge on any atom is 0.112 e. The van der Waals surface area contributed by atoms with Crippen molar-refractivity contribution in [3.63, 3.8) is 0 Å². The summed E-state index contributed by atoms with van der Waals surface area (Å²) in [6.45, 7) is 0. The normalized spacial score (nSPS) is 11.2. The van der Waals surface area contributed by atoms with Gasteiger partial charge in [0.25, 0.3) is 0 Å². The Morgan fingerprint density at radius 2 is 1.42 bits per heavy atom. The van der Waals surface area contributed by atoms with Crippen LogP contribution in [0.25, 0.3) is 10.8 Å². The molecule has 0 radical (unpaired) electrons. The molecular weight excluding hydrogens is 256 g/mol. The minimum atomic E-state index is 0.610. The van der Waals surface area contributed by atoms with Crippen LogP contribution in [0, 0.1) is 0 Å². The fraction of sp³-hybridized carbons (Fsp3) is 0. The summed E-state index contributed by atoms with van der Waals surface area (Å²) in [7, 11) is 0. The van der Waals surface area contributed by atoms with Gasteiger partial charge in [-0.05, 0) is 23.6 Å². The van der Waals surface area contributed by atoms with E-state index < -0.39 is 0 Å².